The van der Waals surface area contributed by atoms with Gasteiger partial charge in [0.15, 0.2) is 11.5 Å². The van der Waals surface area contributed by atoms with Crippen molar-refractivity contribution in [1.29, 1.82) is 0 Å². The molecule has 0 atom stereocenters. The molecule has 0 fully saturated rings. The number of hydrogen-bond acceptors (Lipinski definition) is 6. The number of pyridine rings is 1. The first kappa shape index (κ1) is 23.7. The third-order valence-corrected chi connectivity index (χ3v) is 5.48. The molecule has 10 heteroatoms. The molecule has 4 rings (SSSR count). The van der Waals surface area contributed by atoms with Crippen LogP contribution in [0.3, 0.4) is 0 Å². The van der Waals surface area contributed by atoms with Crippen LogP contribution in [0.25, 0.3) is 11.0 Å². The van der Waals surface area contributed by atoms with Crippen molar-refractivity contribution in [3.63, 3.8) is 0 Å². The Kier molecular flexibility index (Phi) is 6.91. The van der Waals surface area contributed by atoms with Crippen molar-refractivity contribution in [3.8, 4) is 11.5 Å². The Labute approximate surface area is 199 Å². The summed E-state index contributed by atoms with van der Waals surface area (Å²) in [5, 5.41) is 2.84. The number of amides is 1. The number of fused-ring (bicyclic) bond motifs is 1. The summed E-state index contributed by atoms with van der Waals surface area (Å²) in [5.41, 5.74) is 0.174. The summed E-state index contributed by atoms with van der Waals surface area (Å²) < 4.78 is 26.0. The van der Waals surface area contributed by atoms with Gasteiger partial charge >= 0.3 is 5.69 Å². The lowest BCUT2D eigenvalue weighted by Crippen LogP contribution is -2.42. The molecule has 0 aliphatic heterocycles. The predicted octanol–water partition coefficient (Wildman–Crippen LogP) is 2.60. The van der Waals surface area contributed by atoms with Crippen molar-refractivity contribution in [3.05, 3.63) is 93.0 Å². The van der Waals surface area contributed by atoms with Crippen LogP contribution in [0.15, 0.2) is 70.4 Å². The van der Waals surface area contributed by atoms with Crippen molar-refractivity contribution < 1.29 is 18.7 Å². The molecule has 9 nitrogen and oxygen atoms in total. The smallest absolute Gasteiger partial charge is 0.333 e. The zero-order valence-corrected chi connectivity index (χ0v) is 19.2. The van der Waals surface area contributed by atoms with Crippen LogP contribution in [0, 0.1) is 5.82 Å². The summed E-state index contributed by atoms with van der Waals surface area (Å²) in [4.78, 5) is 43.2. The number of carbonyl (C=O) groups is 1. The maximum atomic E-state index is 13.3. The fourth-order valence-corrected chi connectivity index (χ4v) is 3.74. The topological polar surface area (TPSA) is 104 Å². The molecule has 0 bridgehead atoms. The van der Waals surface area contributed by atoms with E-state index in [1.165, 1.54) is 44.7 Å². The summed E-state index contributed by atoms with van der Waals surface area (Å²) in [6.45, 7) is -0.294. The van der Waals surface area contributed by atoms with Crippen LogP contribution >= 0.6 is 0 Å². The molecule has 1 N–H and O–H groups in total. The van der Waals surface area contributed by atoms with Crippen molar-refractivity contribution in [2.45, 2.75) is 19.5 Å². The van der Waals surface area contributed by atoms with Gasteiger partial charge in [-0.05, 0) is 60.5 Å². The largest absolute Gasteiger partial charge is 0.493 e. The highest BCUT2D eigenvalue weighted by molar-refractivity contribution is 5.91. The maximum absolute atomic E-state index is 13.3. The average molecular weight is 478 g/mol. The summed E-state index contributed by atoms with van der Waals surface area (Å²) in [7, 11) is 3.06. The van der Waals surface area contributed by atoms with Gasteiger partial charge in [0.05, 0.1) is 19.6 Å². The molecule has 0 aliphatic carbocycles. The zero-order valence-electron chi connectivity index (χ0n) is 19.2. The molecule has 35 heavy (non-hydrogen) atoms. The highest BCUT2D eigenvalue weighted by Gasteiger charge is 2.17. The third kappa shape index (κ3) is 5.06. The Balaban J connectivity index is 1.66. The highest BCUT2D eigenvalue weighted by atomic mass is 19.1. The molecule has 0 saturated carbocycles. The molecule has 0 spiro atoms. The van der Waals surface area contributed by atoms with E-state index in [1.807, 2.05) is 6.07 Å². The SMILES string of the molecule is COc1ccc(CCn2c(=O)c3cccnc3n(CC(=O)Nc3ccc(F)cc3)c2=O)cc1OC. The minimum Gasteiger partial charge on any atom is -0.493 e. The van der Waals surface area contributed by atoms with Gasteiger partial charge in [-0.3, -0.25) is 18.7 Å². The average Bonchev–Trinajstić information content (AvgIpc) is 2.87. The molecule has 1 amide bonds. The van der Waals surface area contributed by atoms with Crippen LogP contribution in [-0.4, -0.2) is 34.2 Å². The van der Waals surface area contributed by atoms with E-state index in [2.05, 4.69) is 10.3 Å². The quantitative estimate of drug-likeness (QED) is 0.418. The van der Waals surface area contributed by atoms with Crippen LogP contribution in [0.4, 0.5) is 10.1 Å². The van der Waals surface area contributed by atoms with Gasteiger partial charge in [-0.2, -0.15) is 0 Å². The van der Waals surface area contributed by atoms with Gasteiger partial charge in [-0.15, -0.1) is 0 Å². The number of aryl methyl sites for hydroxylation is 1. The zero-order chi connectivity index (χ0) is 24.9. The van der Waals surface area contributed by atoms with E-state index in [0.717, 1.165) is 14.7 Å². The fourth-order valence-electron chi connectivity index (χ4n) is 3.74. The first-order chi connectivity index (χ1) is 16.9. The second-order valence-corrected chi connectivity index (χ2v) is 7.69. The second-order valence-electron chi connectivity index (χ2n) is 7.69. The van der Waals surface area contributed by atoms with Gasteiger partial charge < -0.3 is 14.8 Å². The number of halogens is 1. The normalized spacial score (nSPS) is 10.8. The molecule has 2 aromatic carbocycles. The van der Waals surface area contributed by atoms with Gasteiger partial charge in [-0.25, -0.2) is 14.2 Å². The highest BCUT2D eigenvalue weighted by Crippen LogP contribution is 2.27. The molecule has 0 radical (unpaired) electrons. The number of rotatable bonds is 8. The van der Waals surface area contributed by atoms with E-state index < -0.39 is 23.0 Å². The summed E-state index contributed by atoms with van der Waals surface area (Å²) in [6, 6.07) is 13.8. The number of anilines is 1. The molecule has 4 aromatic rings. The Morgan fingerprint density at radius 3 is 2.46 bits per heavy atom. The minimum atomic E-state index is -0.657. The lowest BCUT2D eigenvalue weighted by atomic mass is 10.1. The molecular formula is C25H23FN4O5. The van der Waals surface area contributed by atoms with Gasteiger partial charge in [-0.1, -0.05) is 6.07 Å². The Hall–Kier alpha value is -4.47. The van der Waals surface area contributed by atoms with E-state index in [0.29, 0.717) is 23.6 Å². The van der Waals surface area contributed by atoms with Gasteiger partial charge in [0.1, 0.15) is 18.0 Å². The lowest BCUT2D eigenvalue weighted by molar-refractivity contribution is -0.116. The number of nitrogens with one attached hydrogen (secondary N) is 1. The number of methoxy groups -OCH3 is 2. The predicted molar refractivity (Wildman–Crippen MR) is 129 cm³/mol. The Bertz CT molecular complexity index is 1490. The van der Waals surface area contributed by atoms with Crippen LogP contribution in [0.2, 0.25) is 0 Å². The van der Waals surface area contributed by atoms with Crippen LogP contribution in [-0.2, 0) is 24.3 Å². The van der Waals surface area contributed by atoms with Crippen LogP contribution in [0.1, 0.15) is 5.56 Å². The lowest BCUT2D eigenvalue weighted by Gasteiger charge is -2.14. The van der Waals surface area contributed by atoms with Crippen molar-refractivity contribution in [2.24, 2.45) is 0 Å². The van der Waals surface area contributed by atoms with E-state index in [9.17, 15) is 18.8 Å². The first-order valence-corrected chi connectivity index (χ1v) is 10.8. The summed E-state index contributed by atoms with van der Waals surface area (Å²) >= 11 is 0. The standard InChI is InChI=1S/C25H23FN4O5/c1-34-20-10-5-16(14-21(20)35-2)11-13-29-24(32)19-4-3-12-27-23(19)30(25(29)33)15-22(31)28-18-8-6-17(26)7-9-18/h3-10,12,14H,11,13,15H2,1-2H3,(H,28,31). The summed E-state index contributed by atoms with van der Waals surface area (Å²) in [5.74, 6) is 0.154. The number of hydrogen-bond donors (Lipinski definition) is 1. The van der Waals surface area contributed by atoms with Gasteiger partial charge in [0.2, 0.25) is 5.91 Å². The van der Waals surface area contributed by atoms with E-state index >= 15 is 0 Å². The van der Waals surface area contributed by atoms with E-state index in [4.69, 9.17) is 9.47 Å². The molecule has 0 aliphatic rings. The number of carbonyl (C=O) groups excluding carboxylic acids is 1. The van der Waals surface area contributed by atoms with Crippen molar-refractivity contribution >= 4 is 22.6 Å². The first-order valence-electron chi connectivity index (χ1n) is 10.8. The van der Waals surface area contributed by atoms with Crippen LogP contribution < -0.4 is 26.0 Å². The number of aromatic nitrogens is 3. The monoisotopic (exact) mass is 478 g/mol. The maximum Gasteiger partial charge on any atom is 0.333 e. The van der Waals surface area contributed by atoms with Crippen LogP contribution in [0.5, 0.6) is 11.5 Å². The van der Waals surface area contributed by atoms with Crippen molar-refractivity contribution in [2.75, 3.05) is 19.5 Å². The number of nitrogens with zero attached hydrogens (tertiary/aromatic N) is 3. The van der Waals surface area contributed by atoms with Gasteiger partial charge in [0, 0.05) is 18.4 Å². The summed E-state index contributed by atoms with van der Waals surface area (Å²) in [6.07, 6.45) is 1.81. The molecule has 0 saturated heterocycles. The molecule has 2 heterocycles. The molecule has 0 unspecified atom stereocenters. The van der Waals surface area contributed by atoms with Crippen molar-refractivity contribution in [1.82, 2.24) is 14.1 Å². The minimum absolute atomic E-state index is 0.0809. The molecular weight excluding hydrogens is 455 g/mol. The third-order valence-electron chi connectivity index (χ3n) is 5.48. The van der Waals surface area contributed by atoms with Gasteiger partial charge in [0.25, 0.3) is 5.56 Å². The van der Waals surface area contributed by atoms with E-state index in [-0.39, 0.29) is 24.1 Å². The second kappa shape index (κ2) is 10.2. The number of benzene rings is 2. The Morgan fingerprint density at radius 2 is 1.74 bits per heavy atom. The Morgan fingerprint density at radius 1 is 1.00 bits per heavy atom. The molecule has 180 valence electrons. The van der Waals surface area contributed by atoms with E-state index in [1.54, 1.807) is 24.3 Å². The number of ether oxygens (including phenoxy) is 2. The molecule has 2 aromatic heterocycles. The fraction of sp³-hybridized carbons (Fsp3) is 0.200.